The molecule has 1 aliphatic rings. The minimum absolute atomic E-state index is 0.0463. The Kier molecular flexibility index (Phi) is 4.36. The average Bonchev–Trinajstić information content (AvgIpc) is 2.83. The lowest BCUT2D eigenvalue weighted by Crippen LogP contribution is -2.40. The molecule has 22 heavy (non-hydrogen) atoms. The number of rotatable bonds is 3. The number of nitrogens with zero attached hydrogens (tertiary/aromatic N) is 2. The Morgan fingerprint density at radius 1 is 1.55 bits per heavy atom. The van der Waals surface area contributed by atoms with Crippen molar-refractivity contribution >= 4 is 34.5 Å². The maximum Gasteiger partial charge on any atom is 0.229 e. The smallest absolute Gasteiger partial charge is 0.229 e. The Hall–Kier alpha value is -1.59. The summed E-state index contributed by atoms with van der Waals surface area (Å²) in [6.45, 7) is 5.79. The summed E-state index contributed by atoms with van der Waals surface area (Å²) in [6, 6.07) is 5.99. The first-order valence-corrected chi connectivity index (χ1v) is 8.16. The van der Waals surface area contributed by atoms with Crippen molar-refractivity contribution in [2.45, 2.75) is 39.3 Å². The zero-order valence-corrected chi connectivity index (χ0v) is 13.7. The highest BCUT2D eigenvalue weighted by atomic mass is 35.5. The minimum Gasteiger partial charge on any atom is -0.314 e. The van der Waals surface area contributed by atoms with Crippen LogP contribution in [0.5, 0.6) is 0 Å². The van der Waals surface area contributed by atoms with Crippen molar-refractivity contribution in [2.75, 3.05) is 11.9 Å². The fourth-order valence-corrected chi connectivity index (χ4v) is 3.27. The summed E-state index contributed by atoms with van der Waals surface area (Å²) >= 11 is 6.02. The summed E-state index contributed by atoms with van der Waals surface area (Å²) in [5.74, 6) is 0.713. The molecule has 0 spiro atoms. The first-order valence-electron chi connectivity index (χ1n) is 7.78. The Labute approximate surface area is 135 Å². The van der Waals surface area contributed by atoms with Gasteiger partial charge in [-0.1, -0.05) is 11.6 Å². The third-order valence-electron chi connectivity index (χ3n) is 4.26. The lowest BCUT2D eigenvalue weighted by Gasteiger charge is -2.26. The Morgan fingerprint density at radius 3 is 3.09 bits per heavy atom. The summed E-state index contributed by atoms with van der Waals surface area (Å²) in [7, 11) is 0. The maximum atomic E-state index is 12.5. The minimum atomic E-state index is 0.0463. The molecule has 5 nitrogen and oxygen atoms in total. The van der Waals surface area contributed by atoms with Crippen molar-refractivity contribution in [1.82, 2.24) is 14.9 Å². The SMILES string of the molecule is CCn1c(NC(=O)[C@H]2CCN[C@@H](C)C2)nc2cc(Cl)ccc21. The summed E-state index contributed by atoms with van der Waals surface area (Å²) < 4.78 is 2.01. The molecule has 1 amide bonds. The number of benzene rings is 1. The van der Waals surface area contributed by atoms with E-state index in [-0.39, 0.29) is 11.8 Å². The molecule has 6 heteroatoms. The fraction of sp³-hybridized carbons (Fsp3) is 0.500. The zero-order valence-electron chi connectivity index (χ0n) is 12.9. The molecule has 0 radical (unpaired) electrons. The number of aryl methyl sites for hydroxylation is 1. The molecule has 2 atom stereocenters. The molecule has 1 aromatic heterocycles. The van der Waals surface area contributed by atoms with Gasteiger partial charge in [0.15, 0.2) is 0 Å². The van der Waals surface area contributed by atoms with Crippen LogP contribution in [0.1, 0.15) is 26.7 Å². The van der Waals surface area contributed by atoms with Crippen LogP contribution >= 0.6 is 11.6 Å². The van der Waals surface area contributed by atoms with Crippen LogP contribution in [0.2, 0.25) is 5.02 Å². The second kappa shape index (κ2) is 6.26. The van der Waals surface area contributed by atoms with Crippen molar-refractivity contribution in [1.29, 1.82) is 0 Å². The molecule has 2 heterocycles. The predicted molar refractivity (Wildman–Crippen MR) is 89.2 cm³/mol. The first kappa shape index (κ1) is 15.3. The highest BCUT2D eigenvalue weighted by Crippen LogP contribution is 2.24. The number of hydrogen-bond donors (Lipinski definition) is 2. The number of anilines is 1. The summed E-state index contributed by atoms with van der Waals surface area (Å²) in [4.78, 5) is 17.0. The topological polar surface area (TPSA) is 59.0 Å². The lowest BCUT2D eigenvalue weighted by molar-refractivity contribution is -0.120. The molecule has 1 fully saturated rings. The summed E-state index contributed by atoms with van der Waals surface area (Å²) in [6.07, 6.45) is 1.73. The molecule has 3 rings (SSSR count). The van der Waals surface area contributed by atoms with Crippen molar-refractivity contribution in [3.8, 4) is 0 Å². The molecule has 1 aromatic carbocycles. The van der Waals surface area contributed by atoms with E-state index in [1.54, 1.807) is 0 Å². The highest BCUT2D eigenvalue weighted by Gasteiger charge is 2.26. The third kappa shape index (κ3) is 2.96. The van der Waals surface area contributed by atoms with E-state index in [1.165, 1.54) is 0 Å². The number of piperidine rings is 1. The molecule has 1 aliphatic heterocycles. The Bertz CT molecular complexity index is 697. The van der Waals surface area contributed by atoms with Gasteiger partial charge in [-0.05, 0) is 51.4 Å². The summed E-state index contributed by atoms with van der Waals surface area (Å²) in [5.41, 5.74) is 1.80. The number of hydrogen-bond acceptors (Lipinski definition) is 3. The molecular formula is C16H21ClN4O. The van der Waals surface area contributed by atoms with Crippen LogP contribution in [0.3, 0.4) is 0 Å². The van der Waals surface area contributed by atoms with Gasteiger partial charge in [0.25, 0.3) is 0 Å². The van der Waals surface area contributed by atoms with Crippen molar-refractivity contribution in [2.24, 2.45) is 5.92 Å². The van der Waals surface area contributed by atoms with Crippen molar-refractivity contribution in [3.63, 3.8) is 0 Å². The van der Waals surface area contributed by atoms with E-state index in [2.05, 4.69) is 22.5 Å². The molecule has 1 saturated heterocycles. The first-order chi connectivity index (χ1) is 10.6. The molecule has 118 valence electrons. The average molecular weight is 321 g/mol. The second-order valence-corrected chi connectivity index (χ2v) is 6.31. The van der Waals surface area contributed by atoms with Crippen LogP contribution in [0.15, 0.2) is 18.2 Å². The van der Waals surface area contributed by atoms with Crippen LogP contribution in [0.25, 0.3) is 11.0 Å². The van der Waals surface area contributed by atoms with Gasteiger partial charge in [-0.15, -0.1) is 0 Å². The highest BCUT2D eigenvalue weighted by molar-refractivity contribution is 6.31. The van der Waals surface area contributed by atoms with Crippen LogP contribution < -0.4 is 10.6 Å². The van der Waals surface area contributed by atoms with Gasteiger partial charge in [0.2, 0.25) is 11.9 Å². The number of imidazole rings is 1. The molecule has 0 unspecified atom stereocenters. The van der Waals surface area contributed by atoms with Gasteiger partial charge >= 0.3 is 0 Å². The number of carbonyl (C=O) groups excluding carboxylic acids is 1. The molecular weight excluding hydrogens is 300 g/mol. The standard InChI is InChI=1S/C16H21ClN4O/c1-3-21-14-5-4-12(17)9-13(14)19-16(21)20-15(22)11-6-7-18-10(2)8-11/h4-5,9-11,18H,3,6-8H2,1-2H3,(H,19,20,22)/t10-,11-/m0/s1. The molecule has 0 aliphatic carbocycles. The molecule has 0 bridgehead atoms. The van der Waals surface area contributed by atoms with E-state index in [1.807, 2.05) is 29.7 Å². The van der Waals surface area contributed by atoms with E-state index < -0.39 is 0 Å². The summed E-state index contributed by atoms with van der Waals surface area (Å²) in [5, 5.41) is 7.02. The number of amides is 1. The number of aromatic nitrogens is 2. The fourth-order valence-electron chi connectivity index (χ4n) is 3.10. The van der Waals surface area contributed by atoms with E-state index in [0.29, 0.717) is 17.0 Å². The number of carbonyl (C=O) groups is 1. The van der Waals surface area contributed by atoms with Gasteiger partial charge < -0.3 is 9.88 Å². The van der Waals surface area contributed by atoms with E-state index >= 15 is 0 Å². The van der Waals surface area contributed by atoms with Gasteiger partial charge in [-0.3, -0.25) is 10.1 Å². The lowest BCUT2D eigenvalue weighted by atomic mass is 9.92. The normalized spacial score (nSPS) is 22.0. The maximum absolute atomic E-state index is 12.5. The number of halogens is 1. The van der Waals surface area contributed by atoms with Crippen molar-refractivity contribution in [3.05, 3.63) is 23.2 Å². The van der Waals surface area contributed by atoms with Crippen LogP contribution in [-0.2, 0) is 11.3 Å². The number of fused-ring (bicyclic) bond motifs is 1. The van der Waals surface area contributed by atoms with Gasteiger partial charge in [-0.25, -0.2) is 4.98 Å². The van der Waals surface area contributed by atoms with E-state index in [0.717, 1.165) is 37.0 Å². The van der Waals surface area contributed by atoms with Crippen LogP contribution in [0, 0.1) is 5.92 Å². The quantitative estimate of drug-likeness (QED) is 0.914. The molecule has 2 N–H and O–H groups in total. The Morgan fingerprint density at radius 2 is 2.36 bits per heavy atom. The van der Waals surface area contributed by atoms with Crippen molar-refractivity contribution < 1.29 is 4.79 Å². The predicted octanol–water partition coefficient (Wildman–Crippen LogP) is 3.04. The number of nitrogens with one attached hydrogen (secondary N) is 2. The van der Waals surface area contributed by atoms with Crippen LogP contribution in [-0.4, -0.2) is 28.0 Å². The van der Waals surface area contributed by atoms with Gasteiger partial charge in [-0.2, -0.15) is 0 Å². The van der Waals surface area contributed by atoms with Crippen LogP contribution in [0.4, 0.5) is 5.95 Å². The van der Waals surface area contributed by atoms with Gasteiger partial charge in [0.1, 0.15) is 0 Å². The third-order valence-corrected chi connectivity index (χ3v) is 4.49. The molecule has 0 saturated carbocycles. The van der Waals surface area contributed by atoms with E-state index in [9.17, 15) is 4.79 Å². The monoisotopic (exact) mass is 320 g/mol. The molecule has 2 aromatic rings. The van der Waals surface area contributed by atoms with Gasteiger partial charge in [0, 0.05) is 23.5 Å². The second-order valence-electron chi connectivity index (χ2n) is 5.88. The van der Waals surface area contributed by atoms with E-state index in [4.69, 9.17) is 11.6 Å². The Balaban J connectivity index is 1.85. The van der Waals surface area contributed by atoms with Gasteiger partial charge in [0.05, 0.1) is 11.0 Å². The zero-order chi connectivity index (χ0) is 15.7. The largest absolute Gasteiger partial charge is 0.314 e.